The molecule has 1 nitrogen and oxygen atoms in total. The van der Waals surface area contributed by atoms with Gasteiger partial charge in [0.25, 0.3) is 0 Å². The van der Waals surface area contributed by atoms with Crippen LogP contribution in [0.15, 0.2) is 48.5 Å². The highest BCUT2D eigenvalue weighted by Crippen LogP contribution is 2.33. The molecule has 0 amide bonds. The molecule has 0 saturated carbocycles. The van der Waals surface area contributed by atoms with Crippen molar-refractivity contribution in [3.63, 3.8) is 0 Å². The van der Waals surface area contributed by atoms with Crippen molar-refractivity contribution < 1.29 is 0 Å². The van der Waals surface area contributed by atoms with Crippen LogP contribution in [-0.2, 0) is 12.8 Å². The van der Waals surface area contributed by atoms with Gasteiger partial charge in [-0.25, -0.2) is 0 Å². The molecule has 0 fully saturated rings. The summed E-state index contributed by atoms with van der Waals surface area (Å²) in [7, 11) is 0. The lowest BCUT2D eigenvalue weighted by Gasteiger charge is -2.35. The number of nitrogens with zero attached hydrogens (tertiary/aromatic N) is 1. The fourth-order valence-electron chi connectivity index (χ4n) is 4.04. The summed E-state index contributed by atoms with van der Waals surface area (Å²) < 4.78 is 0. The van der Waals surface area contributed by atoms with Crippen LogP contribution in [0.5, 0.6) is 0 Å². The standard InChI is InChI=1S/C22H29N.ClH/c1-3-15-23(16-4-2)20-13-14-22-19(17-20)11-8-12-21(22)18-9-6-5-7-10-18;/h5-12,20H,3-4,13-17H2,1-2H3;1H/t20-;/m0./s1. The molecule has 24 heavy (non-hydrogen) atoms. The zero-order chi connectivity index (χ0) is 16.1. The van der Waals surface area contributed by atoms with E-state index >= 15 is 0 Å². The Balaban J connectivity index is 0.00000208. The summed E-state index contributed by atoms with van der Waals surface area (Å²) in [5.74, 6) is 0. The Hall–Kier alpha value is -1.31. The first kappa shape index (κ1) is 19.0. The summed E-state index contributed by atoms with van der Waals surface area (Å²) in [6.45, 7) is 7.08. The maximum atomic E-state index is 2.72. The van der Waals surface area contributed by atoms with Gasteiger partial charge in [0.15, 0.2) is 0 Å². The summed E-state index contributed by atoms with van der Waals surface area (Å²) in [5, 5.41) is 0. The van der Waals surface area contributed by atoms with Crippen molar-refractivity contribution >= 4 is 12.4 Å². The highest BCUT2D eigenvalue weighted by Gasteiger charge is 2.24. The van der Waals surface area contributed by atoms with Crippen LogP contribution in [0.3, 0.4) is 0 Å². The molecular formula is C22H30ClN. The van der Waals surface area contributed by atoms with Crippen molar-refractivity contribution in [1.29, 1.82) is 0 Å². The molecule has 0 heterocycles. The predicted octanol–water partition coefficient (Wildman–Crippen LogP) is 5.75. The molecule has 130 valence electrons. The van der Waals surface area contributed by atoms with E-state index in [2.05, 4.69) is 67.3 Å². The maximum Gasteiger partial charge on any atom is 0.0139 e. The first-order valence-electron chi connectivity index (χ1n) is 9.23. The van der Waals surface area contributed by atoms with Crippen molar-refractivity contribution in [3.05, 3.63) is 59.7 Å². The smallest absolute Gasteiger partial charge is 0.0139 e. The van der Waals surface area contributed by atoms with Gasteiger partial charge >= 0.3 is 0 Å². The topological polar surface area (TPSA) is 3.24 Å². The van der Waals surface area contributed by atoms with Gasteiger partial charge < -0.3 is 4.90 Å². The Bertz CT molecular complexity index is 617. The first-order valence-corrected chi connectivity index (χ1v) is 9.23. The lowest BCUT2D eigenvalue weighted by Crippen LogP contribution is -2.40. The molecule has 0 unspecified atom stereocenters. The van der Waals surface area contributed by atoms with E-state index in [1.165, 1.54) is 56.3 Å². The Kier molecular flexibility index (Phi) is 7.33. The predicted molar refractivity (Wildman–Crippen MR) is 107 cm³/mol. The van der Waals surface area contributed by atoms with Crippen LogP contribution in [0, 0.1) is 0 Å². The molecule has 0 bridgehead atoms. The number of halogens is 1. The van der Waals surface area contributed by atoms with Crippen molar-refractivity contribution in [3.8, 4) is 11.1 Å². The van der Waals surface area contributed by atoms with Gasteiger partial charge in [0.2, 0.25) is 0 Å². The SMILES string of the molecule is CCCN(CCC)[C@H]1CCc2c(cccc2-c2ccccc2)C1.Cl. The molecule has 0 aliphatic heterocycles. The van der Waals surface area contributed by atoms with E-state index in [1.807, 2.05) is 0 Å². The molecule has 0 saturated heterocycles. The lowest BCUT2D eigenvalue weighted by molar-refractivity contribution is 0.180. The summed E-state index contributed by atoms with van der Waals surface area (Å²) in [6.07, 6.45) is 6.25. The molecule has 1 atom stereocenters. The van der Waals surface area contributed by atoms with Gasteiger partial charge in [0, 0.05) is 6.04 Å². The second-order valence-corrected chi connectivity index (χ2v) is 6.74. The average Bonchev–Trinajstić information content (AvgIpc) is 2.61. The minimum absolute atomic E-state index is 0. The zero-order valence-corrected chi connectivity index (χ0v) is 15.8. The summed E-state index contributed by atoms with van der Waals surface area (Å²) in [5.41, 5.74) is 5.96. The van der Waals surface area contributed by atoms with Gasteiger partial charge in [-0.3, -0.25) is 0 Å². The van der Waals surface area contributed by atoms with Crippen LogP contribution < -0.4 is 0 Å². The Labute approximate surface area is 153 Å². The van der Waals surface area contributed by atoms with Gasteiger partial charge in [-0.1, -0.05) is 62.4 Å². The highest BCUT2D eigenvalue weighted by atomic mass is 35.5. The van der Waals surface area contributed by atoms with Gasteiger partial charge in [0.05, 0.1) is 0 Å². The summed E-state index contributed by atoms with van der Waals surface area (Å²) in [4.78, 5) is 2.72. The highest BCUT2D eigenvalue weighted by molar-refractivity contribution is 5.85. The molecule has 0 spiro atoms. The van der Waals surface area contributed by atoms with E-state index in [1.54, 1.807) is 11.1 Å². The zero-order valence-electron chi connectivity index (χ0n) is 15.0. The van der Waals surface area contributed by atoms with Crippen molar-refractivity contribution in [2.24, 2.45) is 0 Å². The molecular weight excluding hydrogens is 314 g/mol. The Morgan fingerprint density at radius 3 is 2.29 bits per heavy atom. The maximum absolute atomic E-state index is 2.72. The van der Waals surface area contributed by atoms with Gasteiger partial charge in [-0.2, -0.15) is 0 Å². The molecule has 2 aromatic carbocycles. The van der Waals surface area contributed by atoms with Gasteiger partial charge in [-0.05, 0) is 67.4 Å². The first-order chi connectivity index (χ1) is 11.3. The summed E-state index contributed by atoms with van der Waals surface area (Å²) in [6, 6.07) is 18.5. The van der Waals surface area contributed by atoms with Crippen molar-refractivity contribution in [2.45, 2.75) is 52.0 Å². The normalized spacial score (nSPS) is 16.5. The third kappa shape index (κ3) is 4.20. The second kappa shape index (κ2) is 9.25. The lowest BCUT2D eigenvalue weighted by atomic mass is 9.83. The molecule has 2 heteroatoms. The molecule has 2 aromatic rings. The van der Waals surface area contributed by atoms with Crippen LogP contribution in [0.25, 0.3) is 11.1 Å². The molecule has 0 radical (unpaired) electrons. The van der Waals surface area contributed by atoms with Crippen LogP contribution in [0.1, 0.15) is 44.2 Å². The van der Waals surface area contributed by atoms with E-state index < -0.39 is 0 Å². The minimum Gasteiger partial charge on any atom is -0.300 e. The fourth-order valence-corrected chi connectivity index (χ4v) is 4.04. The van der Waals surface area contributed by atoms with Gasteiger partial charge in [-0.15, -0.1) is 12.4 Å². The third-order valence-electron chi connectivity index (χ3n) is 5.08. The quantitative estimate of drug-likeness (QED) is 0.645. The third-order valence-corrected chi connectivity index (χ3v) is 5.08. The Morgan fingerprint density at radius 1 is 0.917 bits per heavy atom. The van der Waals surface area contributed by atoms with E-state index in [0.717, 1.165) is 6.04 Å². The molecule has 1 aliphatic carbocycles. The Morgan fingerprint density at radius 2 is 1.62 bits per heavy atom. The number of hydrogen-bond donors (Lipinski definition) is 0. The minimum atomic E-state index is 0. The van der Waals surface area contributed by atoms with Gasteiger partial charge in [0.1, 0.15) is 0 Å². The number of rotatable bonds is 6. The van der Waals surface area contributed by atoms with Crippen molar-refractivity contribution in [1.82, 2.24) is 4.90 Å². The molecule has 1 aliphatic rings. The fraction of sp³-hybridized carbons (Fsp3) is 0.455. The second-order valence-electron chi connectivity index (χ2n) is 6.74. The van der Waals surface area contributed by atoms with Crippen LogP contribution in [0.2, 0.25) is 0 Å². The number of fused-ring (bicyclic) bond motifs is 1. The largest absolute Gasteiger partial charge is 0.300 e. The van der Waals surface area contributed by atoms with Crippen LogP contribution in [0.4, 0.5) is 0 Å². The molecule has 3 rings (SSSR count). The van der Waals surface area contributed by atoms with E-state index in [-0.39, 0.29) is 12.4 Å². The van der Waals surface area contributed by atoms with E-state index in [4.69, 9.17) is 0 Å². The van der Waals surface area contributed by atoms with Crippen molar-refractivity contribution in [2.75, 3.05) is 13.1 Å². The molecule has 0 aromatic heterocycles. The van der Waals surface area contributed by atoms with Crippen LogP contribution in [-0.4, -0.2) is 24.0 Å². The van der Waals surface area contributed by atoms with E-state index in [0.29, 0.717) is 0 Å². The summed E-state index contributed by atoms with van der Waals surface area (Å²) >= 11 is 0. The number of hydrogen-bond acceptors (Lipinski definition) is 1. The number of benzene rings is 2. The average molecular weight is 344 g/mol. The molecule has 0 N–H and O–H groups in total. The van der Waals surface area contributed by atoms with Crippen LogP contribution >= 0.6 is 12.4 Å². The monoisotopic (exact) mass is 343 g/mol. The van der Waals surface area contributed by atoms with E-state index in [9.17, 15) is 0 Å².